The molecule has 0 saturated carbocycles. The standard InChI is InChI=1S/C15H14F3N3O2/c1-3-7-19-14(22)21-10(2)8-13(20-21)23-12-6-4-5-11(9-12)15(16,17)18/h3-6,8-9H,1,7H2,2H3,(H,19,22). The number of halogens is 3. The van der Waals surface area contributed by atoms with Crippen LogP contribution in [0.5, 0.6) is 11.6 Å². The lowest BCUT2D eigenvalue weighted by molar-refractivity contribution is -0.137. The van der Waals surface area contributed by atoms with E-state index in [9.17, 15) is 18.0 Å². The van der Waals surface area contributed by atoms with E-state index >= 15 is 0 Å². The van der Waals surface area contributed by atoms with Crippen LogP contribution >= 0.6 is 0 Å². The minimum atomic E-state index is -4.46. The number of alkyl halides is 3. The summed E-state index contributed by atoms with van der Waals surface area (Å²) in [4.78, 5) is 11.8. The van der Waals surface area contributed by atoms with Crippen LogP contribution in [-0.4, -0.2) is 22.4 Å². The van der Waals surface area contributed by atoms with E-state index in [0.29, 0.717) is 5.69 Å². The first-order chi connectivity index (χ1) is 10.8. The average molecular weight is 325 g/mol. The second kappa shape index (κ2) is 6.55. The van der Waals surface area contributed by atoms with Gasteiger partial charge < -0.3 is 10.1 Å². The van der Waals surface area contributed by atoms with E-state index in [1.54, 1.807) is 6.92 Å². The molecule has 0 fully saturated rings. The second-order valence-electron chi connectivity index (χ2n) is 4.64. The number of carbonyl (C=O) groups excluding carboxylic acids is 1. The summed E-state index contributed by atoms with van der Waals surface area (Å²) >= 11 is 0. The Kier molecular flexibility index (Phi) is 4.73. The molecule has 0 aliphatic rings. The summed E-state index contributed by atoms with van der Waals surface area (Å²) < 4.78 is 44.3. The van der Waals surface area contributed by atoms with Gasteiger partial charge in [0.25, 0.3) is 0 Å². The number of benzene rings is 1. The first kappa shape index (κ1) is 16.6. The number of rotatable bonds is 4. The molecule has 0 aliphatic heterocycles. The van der Waals surface area contributed by atoms with Crippen LogP contribution in [0.15, 0.2) is 43.0 Å². The minimum Gasteiger partial charge on any atom is -0.438 e. The second-order valence-corrected chi connectivity index (χ2v) is 4.64. The van der Waals surface area contributed by atoms with E-state index in [1.165, 1.54) is 24.3 Å². The highest BCUT2D eigenvalue weighted by Crippen LogP contribution is 2.32. The van der Waals surface area contributed by atoms with Gasteiger partial charge in [0.15, 0.2) is 0 Å². The molecule has 1 N–H and O–H groups in total. The summed E-state index contributed by atoms with van der Waals surface area (Å²) in [6, 6.07) is 5.39. The van der Waals surface area contributed by atoms with Crippen molar-refractivity contribution in [2.24, 2.45) is 0 Å². The molecule has 1 aromatic carbocycles. The molecule has 0 unspecified atom stereocenters. The van der Waals surface area contributed by atoms with Crippen molar-refractivity contribution in [3.05, 3.63) is 54.2 Å². The zero-order valence-electron chi connectivity index (χ0n) is 12.2. The Morgan fingerprint density at radius 2 is 2.17 bits per heavy atom. The molecule has 1 heterocycles. The number of nitrogens with one attached hydrogen (secondary N) is 1. The van der Waals surface area contributed by atoms with Gasteiger partial charge in [0, 0.05) is 12.6 Å². The summed E-state index contributed by atoms with van der Waals surface area (Å²) in [5.74, 6) is 0.00607. The maximum Gasteiger partial charge on any atom is 0.416 e. The highest BCUT2D eigenvalue weighted by molar-refractivity contribution is 5.76. The van der Waals surface area contributed by atoms with Crippen LogP contribution < -0.4 is 10.1 Å². The molecule has 8 heteroatoms. The predicted octanol–water partition coefficient (Wildman–Crippen LogP) is 3.75. The fourth-order valence-electron chi connectivity index (χ4n) is 1.79. The van der Waals surface area contributed by atoms with E-state index < -0.39 is 17.8 Å². The van der Waals surface area contributed by atoms with Crippen molar-refractivity contribution in [3.63, 3.8) is 0 Å². The summed E-state index contributed by atoms with van der Waals surface area (Å²) in [7, 11) is 0. The Morgan fingerprint density at radius 3 is 2.83 bits per heavy atom. The molecule has 1 amide bonds. The van der Waals surface area contributed by atoms with Crippen LogP contribution in [0.3, 0.4) is 0 Å². The Morgan fingerprint density at radius 1 is 1.43 bits per heavy atom. The van der Waals surface area contributed by atoms with Crippen LogP contribution in [0.2, 0.25) is 0 Å². The highest BCUT2D eigenvalue weighted by Gasteiger charge is 2.30. The van der Waals surface area contributed by atoms with Gasteiger partial charge in [-0.25, -0.2) is 4.79 Å². The number of ether oxygens (including phenoxy) is 1. The van der Waals surface area contributed by atoms with E-state index in [-0.39, 0.29) is 18.2 Å². The molecule has 0 atom stereocenters. The van der Waals surface area contributed by atoms with Crippen LogP contribution in [-0.2, 0) is 6.18 Å². The zero-order chi connectivity index (χ0) is 17.0. The molecule has 0 spiro atoms. The third-order valence-corrected chi connectivity index (χ3v) is 2.84. The van der Waals surface area contributed by atoms with E-state index in [2.05, 4.69) is 17.0 Å². The number of amides is 1. The quantitative estimate of drug-likeness (QED) is 0.871. The van der Waals surface area contributed by atoms with E-state index in [0.717, 1.165) is 16.8 Å². The molecule has 2 aromatic rings. The van der Waals surface area contributed by atoms with E-state index in [1.807, 2.05) is 0 Å². The van der Waals surface area contributed by atoms with Crippen molar-refractivity contribution in [1.82, 2.24) is 15.1 Å². The van der Waals surface area contributed by atoms with Crippen molar-refractivity contribution < 1.29 is 22.7 Å². The third-order valence-electron chi connectivity index (χ3n) is 2.84. The number of hydrogen-bond donors (Lipinski definition) is 1. The summed E-state index contributed by atoms with van der Waals surface area (Å²) in [6.45, 7) is 5.37. The number of hydrogen-bond acceptors (Lipinski definition) is 3. The van der Waals surface area contributed by atoms with Crippen LogP contribution in [0.1, 0.15) is 11.3 Å². The molecule has 0 saturated heterocycles. The van der Waals surface area contributed by atoms with Gasteiger partial charge in [-0.15, -0.1) is 11.7 Å². The van der Waals surface area contributed by atoms with Gasteiger partial charge in [-0.2, -0.15) is 17.9 Å². The Bertz CT molecular complexity index is 723. The van der Waals surface area contributed by atoms with Crippen molar-refractivity contribution in [1.29, 1.82) is 0 Å². The first-order valence-electron chi connectivity index (χ1n) is 6.62. The summed E-state index contributed by atoms with van der Waals surface area (Å²) in [5, 5.41) is 6.45. The maximum absolute atomic E-state index is 12.7. The van der Waals surface area contributed by atoms with Gasteiger partial charge in [0.2, 0.25) is 5.88 Å². The van der Waals surface area contributed by atoms with Crippen molar-refractivity contribution in [2.45, 2.75) is 13.1 Å². The van der Waals surface area contributed by atoms with Gasteiger partial charge in [0.05, 0.1) is 11.3 Å². The zero-order valence-corrected chi connectivity index (χ0v) is 12.2. The number of aryl methyl sites for hydroxylation is 1. The van der Waals surface area contributed by atoms with Gasteiger partial charge in [-0.3, -0.25) is 0 Å². The van der Waals surface area contributed by atoms with Gasteiger partial charge >= 0.3 is 12.2 Å². The van der Waals surface area contributed by atoms with Crippen LogP contribution in [0.25, 0.3) is 0 Å². The lowest BCUT2D eigenvalue weighted by Crippen LogP contribution is -2.30. The minimum absolute atomic E-state index is 0.0176. The normalized spacial score (nSPS) is 11.1. The average Bonchev–Trinajstić information content (AvgIpc) is 2.85. The largest absolute Gasteiger partial charge is 0.438 e. The molecule has 0 aliphatic carbocycles. The Hall–Kier alpha value is -2.77. The van der Waals surface area contributed by atoms with Crippen molar-refractivity contribution >= 4 is 6.03 Å². The summed E-state index contributed by atoms with van der Waals surface area (Å²) in [6.07, 6.45) is -2.95. The van der Waals surface area contributed by atoms with Crippen LogP contribution in [0, 0.1) is 6.92 Å². The highest BCUT2D eigenvalue weighted by atomic mass is 19.4. The lowest BCUT2D eigenvalue weighted by Gasteiger charge is -2.08. The molecule has 23 heavy (non-hydrogen) atoms. The topological polar surface area (TPSA) is 56.2 Å². The van der Waals surface area contributed by atoms with Crippen molar-refractivity contribution in [3.8, 4) is 11.6 Å². The Labute approximate surface area is 130 Å². The van der Waals surface area contributed by atoms with Crippen LogP contribution in [0.4, 0.5) is 18.0 Å². The fourth-order valence-corrected chi connectivity index (χ4v) is 1.79. The molecule has 0 radical (unpaired) electrons. The monoisotopic (exact) mass is 325 g/mol. The number of carbonyl (C=O) groups is 1. The number of aromatic nitrogens is 2. The molecule has 1 aromatic heterocycles. The van der Waals surface area contributed by atoms with Crippen molar-refractivity contribution in [2.75, 3.05) is 6.54 Å². The molecular weight excluding hydrogens is 311 g/mol. The molecule has 0 bridgehead atoms. The van der Waals surface area contributed by atoms with Gasteiger partial charge in [0.1, 0.15) is 5.75 Å². The van der Waals surface area contributed by atoms with Gasteiger partial charge in [-0.05, 0) is 25.1 Å². The molecule has 2 rings (SSSR count). The molecule has 5 nitrogen and oxygen atoms in total. The predicted molar refractivity (Wildman–Crippen MR) is 77.5 cm³/mol. The Balaban J connectivity index is 2.18. The van der Waals surface area contributed by atoms with Gasteiger partial charge in [-0.1, -0.05) is 12.1 Å². The lowest BCUT2D eigenvalue weighted by atomic mass is 10.2. The number of nitrogens with zero attached hydrogens (tertiary/aromatic N) is 2. The smallest absolute Gasteiger partial charge is 0.416 e. The fraction of sp³-hybridized carbons (Fsp3) is 0.200. The third kappa shape index (κ3) is 4.12. The summed E-state index contributed by atoms with van der Waals surface area (Å²) in [5.41, 5.74) is -0.344. The maximum atomic E-state index is 12.7. The SMILES string of the molecule is C=CCNC(=O)n1nc(Oc2cccc(C(F)(F)F)c2)cc1C. The first-order valence-corrected chi connectivity index (χ1v) is 6.62. The molecular formula is C15H14F3N3O2. The molecule has 122 valence electrons. The van der Waals surface area contributed by atoms with E-state index in [4.69, 9.17) is 4.74 Å².